The third kappa shape index (κ3) is 3.58. The molecule has 0 aromatic rings. The van der Waals surface area contributed by atoms with Crippen molar-refractivity contribution in [3.63, 3.8) is 0 Å². The maximum Gasteiger partial charge on any atom is 0.332 e. The van der Waals surface area contributed by atoms with Crippen molar-refractivity contribution < 1.29 is 19.1 Å². The summed E-state index contributed by atoms with van der Waals surface area (Å²) in [6.07, 6.45) is 9.52. The van der Waals surface area contributed by atoms with Crippen LogP contribution >= 0.6 is 0 Å². The van der Waals surface area contributed by atoms with Crippen molar-refractivity contribution >= 4 is 17.5 Å². The number of hydrogen-bond donors (Lipinski definition) is 0. The minimum atomic E-state index is -1.82. The van der Waals surface area contributed by atoms with Gasteiger partial charge < -0.3 is 4.74 Å². The minimum absolute atomic E-state index is 0.220. The van der Waals surface area contributed by atoms with Crippen LogP contribution < -0.4 is 0 Å². The van der Waals surface area contributed by atoms with Gasteiger partial charge in [0.05, 0.1) is 6.61 Å². The molecule has 0 fully saturated rings. The van der Waals surface area contributed by atoms with E-state index in [0.29, 0.717) is 36.8 Å². The van der Waals surface area contributed by atoms with Crippen LogP contribution in [0.4, 0.5) is 0 Å². The number of ether oxygens (including phenoxy) is 1. The van der Waals surface area contributed by atoms with Crippen molar-refractivity contribution in [1.29, 1.82) is 0 Å². The van der Waals surface area contributed by atoms with Crippen LogP contribution in [0.25, 0.3) is 0 Å². The van der Waals surface area contributed by atoms with Crippen molar-refractivity contribution in [3.8, 4) is 0 Å². The summed E-state index contributed by atoms with van der Waals surface area (Å²) in [7, 11) is 0. The van der Waals surface area contributed by atoms with E-state index in [4.69, 9.17) is 4.74 Å². The molecular weight excluding hydrogens is 364 g/mol. The third-order valence-electron chi connectivity index (χ3n) is 6.16. The molecule has 0 radical (unpaired) electrons. The first-order valence-electron chi connectivity index (χ1n) is 10.9. The van der Waals surface area contributed by atoms with Crippen LogP contribution in [0.1, 0.15) is 79.1 Å². The minimum Gasteiger partial charge on any atom is -0.464 e. The Hall–Kier alpha value is -2.23. The first-order valence-corrected chi connectivity index (χ1v) is 10.9. The average molecular weight is 397 g/mol. The summed E-state index contributed by atoms with van der Waals surface area (Å²) >= 11 is 0. The monoisotopic (exact) mass is 396 g/mol. The molecule has 3 rings (SSSR count). The Balaban J connectivity index is 2.11. The van der Waals surface area contributed by atoms with Gasteiger partial charge in [-0.3, -0.25) is 14.4 Å². The lowest BCUT2D eigenvalue weighted by atomic mass is 9.64. The molecule has 0 saturated heterocycles. The molecule has 1 atom stereocenters. The van der Waals surface area contributed by atoms with Gasteiger partial charge in [-0.1, -0.05) is 56.4 Å². The summed E-state index contributed by atoms with van der Waals surface area (Å²) in [5, 5.41) is 0. The number of rotatable bonds is 9. The van der Waals surface area contributed by atoms with Gasteiger partial charge in [-0.2, -0.15) is 0 Å². The number of esters is 1. The number of fused-ring (bicyclic) bond motifs is 1. The topological polar surface area (TPSA) is 60.4 Å². The lowest BCUT2D eigenvalue weighted by molar-refractivity contribution is -0.160. The highest BCUT2D eigenvalue weighted by atomic mass is 16.5. The first kappa shape index (κ1) is 21.5. The van der Waals surface area contributed by atoms with Gasteiger partial charge >= 0.3 is 5.97 Å². The quantitative estimate of drug-likeness (QED) is 0.300. The van der Waals surface area contributed by atoms with E-state index in [0.717, 1.165) is 41.6 Å². The normalized spacial score (nSPS) is 23.1. The van der Waals surface area contributed by atoms with Crippen LogP contribution in [0.3, 0.4) is 0 Å². The molecule has 1 unspecified atom stereocenters. The van der Waals surface area contributed by atoms with E-state index >= 15 is 0 Å². The maximum absolute atomic E-state index is 13.8. The number of carbonyl (C=O) groups is 3. The highest BCUT2D eigenvalue weighted by molar-refractivity contribution is 6.32. The summed E-state index contributed by atoms with van der Waals surface area (Å²) in [4.78, 5) is 40.8. The van der Waals surface area contributed by atoms with Gasteiger partial charge in [0.2, 0.25) is 5.41 Å². The smallest absolute Gasteiger partial charge is 0.332 e. The second-order valence-electron chi connectivity index (χ2n) is 8.57. The molecule has 4 nitrogen and oxygen atoms in total. The second-order valence-corrected chi connectivity index (χ2v) is 8.57. The molecule has 0 N–H and O–H groups in total. The predicted molar refractivity (Wildman–Crippen MR) is 113 cm³/mol. The Morgan fingerprint density at radius 1 is 0.966 bits per heavy atom. The maximum atomic E-state index is 13.8. The Kier molecular flexibility index (Phi) is 6.40. The zero-order valence-corrected chi connectivity index (χ0v) is 18.2. The predicted octanol–water partition coefficient (Wildman–Crippen LogP) is 5.34. The van der Waals surface area contributed by atoms with E-state index in [1.165, 1.54) is 0 Å². The molecule has 4 heteroatoms. The summed E-state index contributed by atoms with van der Waals surface area (Å²) < 4.78 is 5.55. The number of unbranched alkanes of at least 4 members (excludes halogenated alkanes) is 3. The van der Waals surface area contributed by atoms with Crippen molar-refractivity contribution in [2.24, 2.45) is 5.41 Å². The molecule has 0 saturated carbocycles. The van der Waals surface area contributed by atoms with Gasteiger partial charge in [-0.05, 0) is 56.3 Å². The molecule has 0 amide bonds. The van der Waals surface area contributed by atoms with Gasteiger partial charge in [-0.25, -0.2) is 0 Å². The van der Waals surface area contributed by atoms with E-state index in [9.17, 15) is 14.4 Å². The molecule has 0 aliphatic heterocycles. The van der Waals surface area contributed by atoms with Crippen LogP contribution in [0.5, 0.6) is 0 Å². The molecule has 156 valence electrons. The summed E-state index contributed by atoms with van der Waals surface area (Å²) in [5.41, 5.74) is 3.46. The number of ketones is 2. The SMILES string of the molecule is CCCCCC(=O)C1(C(=O)OCCCC)C(=O)C2=C(CC(C)=C2)C2=C1C=C(C)C2. The lowest BCUT2D eigenvalue weighted by Gasteiger charge is -2.34. The number of allylic oxidation sites excluding steroid dienone is 7. The molecule has 0 bridgehead atoms. The molecule has 0 spiro atoms. The third-order valence-corrected chi connectivity index (χ3v) is 6.16. The first-order chi connectivity index (χ1) is 13.9. The molecule has 0 aromatic carbocycles. The molecular formula is C25H32O4. The van der Waals surface area contributed by atoms with Gasteiger partial charge in [-0.15, -0.1) is 0 Å². The van der Waals surface area contributed by atoms with Crippen molar-refractivity contribution in [2.75, 3.05) is 6.61 Å². The van der Waals surface area contributed by atoms with Crippen LogP contribution in [-0.2, 0) is 19.1 Å². The van der Waals surface area contributed by atoms with Gasteiger partial charge in [0, 0.05) is 12.0 Å². The zero-order valence-electron chi connectivity index (χ0n) is 18.2. The van der Waals surface area contributed by atoms with Crippen molar-refractivity contribution in [3.05, 3.63) is 45.6 Å². The number of hydrogen-bond acceptors (Lipinski definition) is 4. The largest absolute Gasteiger partial charge is 0.464 e. The molecule has 29 heavy (non-hydrogen) atoms. The molecule has 3 aliphatic rings. The van der Waals surface area contributed by atoms with E-state index < -0.39 is 11.4 Å². The summed E-state index contributed by atoms with van der Waals surface area (Å²) in [6.45, 7) is 8.30. The van der Waals surface area contributed by atoms with Crippen molar-refractivity contribution in [1.82, 2.24) is 0 Å². The van der Waals surface area contributed by atoms with Crippen LogP contribution in [-0.4, -0.2) is 24.1 Å². The molecule has 0 aromatic heterocycles. The van der Waals surface area contributed by atoms with E-state index in [1.807, 2.05) is 32.9 Å². The average Bonchev–Trinajstić information content (AvgIpc) is 3.25. The Morgan fingerprint density at radius 2 is 1.62 bits per heavy atom. The van der Waals surface area contributed by atoms with E-state index in [-0.39, 0.29) is 24.6 Å². The number of carbonyl (C=O) groups excluding carboxylic acids is 3. The van der Waals surface area contributed by atoms with Gasteiger partial charge in [0.1, 0.15) is 0 Å². The summed E-state index contributed by atoms with van der Waals surface area (Å²) in [6, 6.07) is 0. The van der Waals surface area contributed by atoms with Gasteiger partial charge in [0.15, 0.2) is 11.6 Å². The Labute approximate surface area is 173 Å². The van der Waals surface area contributed by atoms with E-state index in [2.05, 4.69) is 6.92 Å². The Morgan fingerprint density at radius 3 is 2.31 bits per heavy atom. The fourth-order valence-corrected chi connectivity index (χ4v) is 4.65. The fourth-order valence-electron chi connectivity index (χ4n) is 4.65. The highest BCUT2D eigenvalue weighted by Crippen LogP contribution is 2.52. The molecule has 0 heterocycles. The highest BCUT2D eigenvalue weighted by Gasteiger charge is 2.60. The summed E-state index contributed by atoms with van der Waals surface area (Å²) in [5.74, 6) is -1.36. The standard InChI is InChI=1S/C25H32O4/c1-5-7-9-10-22(26)25(24(28)29-11-8-6-2)21-15-17(4)13-19(21)18-12-16(3)14-20(18)23(25)27/h14-15H,5-13H2,1-4H3. The zero-order chi connectivity index (χ0) is 21.2. The second kappa shape index (κ2) is 8.64. The van der Waals surface area contributed by atoms with Crippen molar-refractivity contribution in [2.45, 2.75) is 79.1 Å². The van der Waals surface area contributed by atoms with Gasteiger partial charge in [0.25, 0.3) is 0 Å². The van der Waals surface area contributed by atoms with Crippen LogP contribution in [0.15, 0.2) is 45.6 Å². The lowest BCUT2D eigenvalue weighted by Crippen LogP contribution is -2.51. The Bertz CT molecular complexity index is 841. The van der Waals surface area contributed by atoms with Crippen LogP contribution in [0, 0.1) is 5.41 Å². The fraction of sp³-hybridized carbons (Fsp3) is 0.560. The number of Topliss-reactive ketones (excluding diaryl/α,β-unsaturated/α-hetero) is 2. The van der Waals surface area contributed by atoms with Crippen LogP contribution in [0.2, 0.25) is 0 Å². The van der Waals surface area contributed by atoms with E-state index in [1.54, 1.807) is 0 Å². The molecule has 3 aliphatic carbocycles.